The summed E-state index contributed by atoms with van der Waals surface area (Å²) in [5.41, 5.74) is 0.679. The fourth-order valence-corrected chi connectivity index (χ4v) is 2.27. The molecule has 8 heteroatoms. The maximum Gasteiger partial charge on any atom is 0.255 e. The predicted molar refractivity (Wildman–Crippen MR) is 85.1 cm³/mol. The van der Waals surface area contributed by atoms with Gasteiger partial charge >= 0.3 is 0 Å². The second kappa shape index (κ2) is 8.00. The highest BCUT2D eigenvalue weighted by Gasteiger charge is 2.17. The molecule has 1 rings (SSSR count). The number of methoxy groups -OCH3 is 2. The average molecular weight is 330 g/mol. The molecule has 124 valence electrons. The Morgan fingerprint density at radius 2 is 2.00 bits per heavy atom. The van der Waals surface area contributed by atoms with Gasteiger partial charge in [-0.05, 0) is 24.6 Å². The molecule has 7 nitrogen and oxygen atoms in total. The topological polar surface area (TPSA) is 84.9 Å². The Labute approximate surface area is 131 Å². The summed E-state index contributed by atoms with van der Waals surface area (Å²) in [7, 11) is 1.08. The number of nitrogens with zero attached hydrogens (tertiary/aromatic N) is 1. The summed E-state index contributed by atoms with van der Waals surface area (Å²) in [5.74, 6) is 0.0617. The summed E-state index contributed by atoms with van der Waals surface area (Å²) in [6, 6.07) is 4.65. The summed E-state index contributed by atoms with van der Waals surface area (Å²) in [6.07, 6.45) is 1.79. The van der Waals surface area contributed by atoms with Crippen molar-refractivity contribution in [2.24, 2.45) is 0 Å². The van der Waals surface area contributed by atoms with Crippen molar-refractivity contribution in [1.29, 1.82) is 0 Å². The van der Waals surface area contributed by atoms with Crippen LogP contribution in [-0.4, -0.2) is 55.0 Å². The van der Waals surface area contributed by atoms with Crippen LogP contribution in [0.25, 0.3) is 0 Å². The lowest BCUT2D eigenvalue weighted by Crippen LogP contribution is -2.27. The van der Waals surface area contributed by atoms with E-state index in [1.165, 1.54) is 20.2 Å². The number of rotatable bonds is 8. The monoisotopic (exact) mass is 330 g/mol. The van der Waals surface area contributed by atoms with E-state index in [9.17, 15) is 13.2 Å². The van der Waals surface area contributed by atoms with Gasteiger partial charge in [-0.2, -0.15) is 0 Å². The van der Waals surface area contributed by atoms with Gasteiger partial charge in [0.25, 0.3) is 5.91 Å². The molecule has 0 aromatic heterocycles. The highest BCUT2D eigenvalue weighted by Crippen LogP contribution is 2.25. The third kappa shape index (κ3) is 4.88. The van der Waals surface area contributed by atoms with E-state index >= 15 is 0 Å². The first-order chi connectivity index (χ1) is 10.3. The zero-order chi connectivity index (χ0) is 16.8. The first-order valence-corrected chi connectivity index (χ1v) is 8.55. The first-order valence-electron chi connectivity index (χ1n) is 6.70. The smallest absolute Gasteiger partial charge is 0.255 e. The number of sulfonamides is 1. The lowest BCUT2D eigenvalue weighted by molar-refractivity contribution is 0.0945. The van der Waals surface area contributed by atoms with Crippen molar-refractivity contribution in [2.45, 2.75) is 6.42 Å². The van der Waals surface area contributed by atoms with Crippen molar-refractivity contribution in [3.63, 3.8) is 0 Å². The van der Waals surface area contributed by atoms with Crippen LogP contribution in [-0.2, 0) is 14.8 Å². The van der Waals surface area contributed by atoms with Gasteiger partial charge in [-0.3, -0.25) is 9.10 Å². The van der Waals surface area contributed by atoms with Gasteiger partial charge in [-0.1, -0.05) is 0 Å². The minimum absolute atomic E-state index is 0.285. The number of anilines is 1. The molecule has 0 saturated heterocycles. The number of carbonyl (C=O) groups is 1. The summed E-state index contributed by atoms with van der Waals surface area (Å²) in [5, 5.41) is 2.75. The summed E-state index contributed by atoms with van der Waals surface area (Å²) < 4.78 is 34.4. The molecule has 0 unspecified atom stereocenters. The quantitative estimate of drug-likeness (QED) is 0.715. The van der Waals surface area contributed by atoms with E-state index in [1.807, 2.05) is 0 Å². The number of carbonyl (C=O) groups excluding carboxylic acids is 1. The van der Waals surface area contributed by atoms with E-state index in [2.05, 4.69) is 5.32 Å². The Kier molecular flexibility index (Phi) is 6.63. The van der Waals surface area contributed by atoms with E-state index in [1.54, 1.807) is 19.2 Å². The predicted octanol–water partition coefficient (Wildman–Crippen LogP) is 0.857. The van der Waals surface area contributed by atoms with Crippen LogP contribution in [0.1, 0.15) is 16.8 Å². The highest BCUT2D eigenvalue weighted by atomic mass is 32.2. The molecule has 1 N–H and O–H groups in total. The standard InChI is InChI=1S/C14H22N2O5S/c1-16(22(4,18)19)11-6-7-13(21-3)12(10-11)14(17)15-8-5-9-20-2/h6-7,10H,5,8-9H2,1-4H3,(H,15,17). The summed E-state index contributed by atoms with van der Waals surface area (Å²) in [6.45, 7) is 1.01. The zero-order valence-electron chi connectivity index (χ0n) is 13.3. The molecule has 0 aliphatic rings. The SMILES string of the molecule is COCCCNC(=O)c1cc(N(C)S(C)(=O)=O)ccc1OC. The van der Waals surface area contributed by atoms with Crippen LogP contribution in [0.3, 0.4) is 0 Å². The fourth-order valence-electron chi connectivity index (χ4n) is 1.77. The van der Waals surface area contributed by atoms with Crippen LogP contribution in [0.2, 0.25) is 0 Å². The summed E-state index contributed by atoms with van der Waals surface area (Å²) in [4.78, 5) is 12.2. The molecule has 0 heterocycles. The highest BCUT2D eigenvalue weighted by molar-refractivity contribution is 7.92. The third-order valence-electron chi connectivity index (χ3n) is 3.10. The summed E-state index contributed by atoms with van der Waals surface area (Å²) >= 11 is 0. The molecule has 0 aliphatic carbocycles. The van der Waals surface area contributed by atoms with Crippen molar-refractivity contribution in [3.05, 3.63) is 23.8 Å². The number of amides is 1. The van der Waals surface area contributed by atoms with Gasteiger partial charge in [0.1, 0.15) is 5.75 Å². The molecule has 0 aliphatic heterocycles. The Balaban J connectivity index is 2.98. The second-order valence-electron chi connectivity index (χ2n) is 4.72. The Hall–Kier alpha value is -1.80. The minimum Gasteiger partial charge on any atom is -0.496 e. The molecule has 0 atom stereocenters. The molecule has 0 fully saturated rings. The maximum atomic E-state index is 12.2. The van der Waals surface area contributed by atoms with Gasteiger partial charge in [0.15, 0.2) is 0 Å². The molecule has 0 saturated carbocycles. The third-order valence-corrected chi connectivity index (χ3v) is 4.31. The van der Waals surface area contributed by atoms with Crippen LogP contribution < -0.4 is 14.4 Å². The first kappa shape index (κ1) is 18.2. The van der Waals surface area contributed by atoms with Crippen LogP contribution in [0.15, 0.2) is 18.2 Å². The minimum atomic E-state index is -3.40. The van der Waals surface area contributed by atoms with Gasteiger partial charge in [0.2, 0.25) is 10.0 Å². The molecule has 1 aromatic rings. The molecule has 1 aromatic carbocycles. The normalized spacial score (nSPS) is 11.1. The number of nitrogens with one attached hydrogen (secondary N) is 1. The number of benzene rings is 1. The molecule has 22 heavy (non-hydrogen) atoms. The molecular formula is C14H22N2O5S. The molecule has 0 spiro atoms. The van der Waals surface area contributed by atoms with Crippen LogP contribution in [0.5, 0.6) is 5.75 Å². The average Bonchev–Trinajstić information content (AvgIpc) is 2.49. The van der Waals surface area contributed by atoms with Crippen LogP contribution >= 0.6 is 0 Å². The van der Waals surface area contributed by atoms with Gasteiger partial charge in [0.05, 0.1) is 24.6 Å². The van der Waals surface area contributed by atoms with Crippen molar-refractivity contribution in [3.8, 4) is 5.75 Å². The Morgan fingerprint density at radius 3 is 2.55 bits per heavy atom. The number of hydrogen-bond donors (Lipinski definition) is 1. The number of hydrogen-bond acceptors (Lipinski definition) is 5. The van der Waals surface area contributed by atoms with E-state index in [4.69, 9.17) is 9.47 Å². The van der Waals surface area contributed by atoms with E-state index < -0.39 is 10.0 Å². The van der Waals surface area contributed by atoms with Gasteiger partial charge in [0, 0.05) is 27.3 Å². The van der Waals surface area contributed by atoms with Crippen molar-refractivity contribution in [2.75, 3.05) is 45.0 Å². The van der Waals surface area contributed by atoms with E-state index in [0.717, 1.165) is 10.6 Å². The van der Waals surface area contributed by atoms with E-state index in [-0.39, 0.29) is 11.5 Å². The molecule has 1 amide bonds. The molecular weight excluding hydrogens is 308 g/mol. The second-order valence-corrected chi connectivity index (χ2v) is 6.73. The zero-order valence-corrected chi connectivity index (χ0v) is 14.1. The van der Waals surface area contributed by atoms with Gasteiger partial charge < -0.3 is 14.8 Å². The van der Waals surface area contributed by atoms with Crippen LogP contribution in [0.4, 0.5) is 5.69 Å². The van der Waals surface area contributed by atoms with Crippen molar-refractivity contribution < 1.29 is 22.7 Å². The Bertz CT molecular complexity index is 616. The van der Waals surface area contributed by atoms with Gasteiger partial charge in [-0.15, -0.1) is 0 Å². The van der Waals surface area contributed by atoms with E-state index in [0.29, 0.717) is 31.0 Å². The van der Waals surface area contributed by atoms with Crippen molar-refractivity contribution in [1.82, 2.24) is 5.32 Å². The largest absolute Gasteiger partial charge is 0.496 e. The molecule has 0 radical (unpaired) electrons. The Morgan fingerprint density at radius 1 is 1.32 bits per heavy atom. The van der Waals surface area contributed by atoms with Crippen molar-refractivity contribution >= 4 is 21.6 Å². The van der Waals surface area contributed by atoms with Crippen LogP contribution in [0, 0.1) is 0 Å². The lowest BCUT2D eigenvalue weighted by atomic mass is 10.1. The number of ether oxygens (including phenoxy) is 2. The fraction of sp³-hybridized carbons (Fsp3) is 0.500. The van der Waals surface area contributed by atoms with Gasteiger partial charge in [-0.25, -0.2) is 8.42 Å². The molecule has 0 bridgehead atoms. The maximum absolute atomic E-state index is 12.2. The lowest BCUT2D eigenvalue weighted by Gasteiger charge is -2.18.